The van der Waals surface area contributed by atoms with Crippen molar-refractivity contribution in [1.29, 1.82) is 0 Å². The minimum Gasteiger partial charge on any atom is -0.382 e. The molecular formula is C26H30N5O12P3S. The summed E-state index contributed by atoms with van der Waals surface area (Å²) in [6.07, 6.45) is -1.42. The van der Waals surface area contributed by atoms with Gasteiger partial charge in [-0.1, -0.05) is 72.4 Å². The van der Waals surface area contributed by atoms with Crippen molar-refractivity contribution >= 4 is 52.0 Å². The third kappa shape index (κ3) is 8.20. The molecule has 0 amide bonds. The molecule has 0 saturated carbocycles. The molecule has 21 heteroatoms. The fraction of sp³-hybridized carbons (Fsp3) is 0.346. The molecule has 8 unspecified atom stereocenters. The van der Waals surface area contributed by atoms with Crippen LogP contribution in [-0.2, 0) is 53.6 Å². The topological polar surface area (TPSA) is 237 Å². The van der Waals surface area contributed by atoms with Crippen LogP contribution in [0.25, 0.3) is 11.2 Å². The SMILES string of the molecule is CSc1nc(N)c2ncn(C3OC(COP(=O)(O)OP(=O)(O)OP(=O)(O)Cc4ccccc4)C4OC(Cc5ccccc5)OC43)c2n1. The minimum atomic E-state index is -5.58. The molecule has 5 N–H and O–H groups in total. The van der Waals surface area contributed by atoms with Crippen LogP contribution in [0.5, 0.6) is 0 Å². The first-order valence-corrected chi connectivity index (χ1v) is 19.9. The highest BCUT2D eigenvalue weighted by atomic mass is 32.2. The molecule has 2 fully saturated rings. The Labute approximate surface area is 272 Å². The Hall–Kier alpha value is -2.53. The van der Waals surface area contributed by atoms with Crippen LogP contribution in [0.1, 0.15) is 17.4 Å². The smallest absolute Gasteiger partial charge is 0.382 e. The van der Waals surface area contributed by atoms with E-state index in [1.165, 1.54) is 30.2 Å². The van der Waals surface area contributed by atoms with Crippen molar-refractivity contribution in [3.05, 3.63) is 78.1 Å². The molecule has 2 saturated heterocycles. The van der Waals surface area contributed by atoms with Crippen LogP contribution in [0, 0.1) is 0 Å². The molecule has 8 atom stereocenters. The Balaban J connectivity index is 1.18. The summed E-state index contributed by atoms with van der Waals surface area (Å²) in [6, 6.07) is 17.3. The predicted molar refractivity (Wildman–Crippen MR) is 167 cm³/mol. The van der Waals surface area contributed by atoms with Crippen molar-refractivity contribution in [1.82, 2.24) is 19.5 Å². The number of rotatable bonds is 13. The Kier molecular flexibility index (Phi) is 10.1. The van der Waals surface area contributed by atoms with Gasteiger partial charge in [0.05, 0.1) is 19.1 Å². The minimum absolute atomic E-state index is 0.156. The van der Waals surface area contributed by atoms with E-state index >= 15 is 0 Å². The number of hydrogen-bond donors (Lipinski definition) is 4. The Morgan fingerprint density at radius 1 is 0.894 bits per heavy atom. The lowest BCUT2D eigenvalue weighted by Crippen LogP contribution is -2.31. The number of nitrogen functional groups attached to an aromatic ring is 1. The molecule has 17 nitrogen and oxygen atoms in total. The van der Waals surface area contributed by atoms with E-state index in [1.54, 1.807) is 29.0 Å². The number of phosphoric acid groups is 2. The lowest BCUT2D eigenvalue weighted by molar-refractivity contribution is -0.149. The standard InChI is InChI=1S/C26H30N5O12P3S/c1-47-26-29-23(27)20-24(30-26)31(15-28-20)25-22-21(40-19(41-22)12-16-8-4-2-5-9-16)18(39-25)13-38-45(34,35)43-46(36,37)42-44(32,33)14-17-10-6-3-7-11-17/h2-11,15,18-19,21-22,25H,12-14H2,1H3,(H,32,33)(H,34,35)(H,36,37)(H2,27,29,30). The normalized spacial score (nSPS) is 26.4. The van der Waals surface area contributed by atoms with Gasteiger partial charge in [0, 0.05) is 6.42 Å². The zero-order chi connectivity index (χ0) is 33.4. The number of hydrogen-bond acceptors (Lipinski definition) is 14. The highest BCUT2D eigenvalue weighted by Gasteiger charge is 2.54. The highest BCUT2D eigenvalue weighted by Crippen LogP contribution is 2.68. The largest absolute Gasteiger partial charge is 0.488 e. The summed E-state index contributed by atoms with van der Waals surface area (Å²) >= 11 is 1.27. The number of nitrogens with two attached hydrogens (primary N) is 1. The van der Waals surface area contributed by atoms with Crippen molar-refractivity contribution in [2.24, 2.45) is 0 Å². The summed E-state index contributed by atoms with van der Waals surface area (Å²) in [7, 11) is -15.8. The molecule has 2 aromatic heterocycles. The van der Waals surface area contributed by atoms with Crippen LogP contribution >= 0.6 is 35.0 Å². The summed E-state index contributed by atoms with van der Waals surface area (Å²) in [4.78, 5) is 43.5. The summed E-state index contributed by atoms with van der Waals surface area (Å²) in [5.41, 5.74) is 8.01. The maximum atomic E-state index is 12.8. The van der Waals surface area contributed by atoms with Crippen molar-refractivity contribution < 1.29 is 55.7 Å². The van der Waals surface area contributed by atoms with Gasteiger partial charge in [0.1, 0.15) is 23.8 Å². The maximum Gasteiger partial charge on any atom is 0.488 e. The van der Waals surface area contributed by atoms with Crippen molar-refractivity contribution in [2.75, 3.05) is 18.6 Å². The second-order valence-electron chi connectivity index (χ2n) is 10.5. The van der Waals surface area contributed by atoms with Crippen molar-refractivity contribution in [3.8, 4) is 0 Å². The molecule has 4 aromatic rings. The van der Waals surface area contributed by atoms with Crippen LogP contribution in [-0.4, -0.2) is 71.7 Å². The fourth-order valence-electron chi connectivity index (χ4n) is 5.20. The third-order valence-electron chi connectivity index (χ3n) is 7.10. The van der Waals surface area contributed by atoms with Gasteiger partial charge >= 0.3 is 23.2 Å². The van der Waals surface area contributed by atoms with E-state index in [4.69, 9.17) is 24.5 Å². The van der Waals surface area contributed by atoms with Crippen LogP contribution in [0.4, 0.5) is 5.82 Å². The quantitative estimate of drug-likeness (QED) is 0.0863. The number of anilines is 1. The van der Waals surface area contributed by atoms with Gasteiger partial charge in [-0.2, -0.15) is 4.31 Å². The zero-order valence-electron chi connectivity index (χ0n) is 24.5. The molecule has 2 aliphatic rings. The first-order chi connectivity index (χ1) is 22.3. The predicted octanol–water partition coefficient (Wildman–Crippen LogP) is 4.02. The molecular weight excluding hydrogens is 699 g/mol. The average Bonchev–Trinajstić information content (AvgIpc) is 3.69. The van der Waals surface area contributed by atoms with Gasteiger partial charge in [-0.3, -0.25) is 13.7 Å². The summed E-state index contributed by atoms with van der Waals surface area (Å²) in [5.74, 6) is 0.156. The Morgan fingerprint density at radius 2 is 1.55 bits per heavy atom. The molecule has 2 aromatic carbocycles. The molecule has 4 heterocycles. The fourth-order valence-corrected chi connectivity index (χ4v) is 9.71. The van der Waals surface area contributed by atoms with Gasteiger partial charge in [-0.05, 0) is 17.4 Å². The van der Waals surface area contributed by atoms with Gasteiger partial charge in [-0.25, -0.2) is 28.4 Å². The van der Waals surface area contributed by atoms with Crippen LogP contribution in [0.15, 0.2) is 72.1 Å². The zero-order valence-corrected chi connectivity index (χ0v) is 28.0. The van der Waals surface area contributed by atoms with Gasteiger partial charge in [-0.15, -0.1) is 0 Å². The summed E-state index contributed by atoms with van der Waals surface area (Å²) in [6.45, 7) is -0.687. The maximum absolute atomic E-state index is 12.8. The lowest BCUT2D eigenvalue weighted by atomic mass is 10.1. The molecule has 2 aliphatic heterocycles. The van der Waals surface area contributed by atoms with Crippen LogP contribution in [0.3, 0.4) is 0 Å². The van der Waals surface area contributed by atoms with Gasteiger partial charge in [0.15, 0.2) is 29.1 Å². The van der Waals surface area contributed by atoms with Crippen molar-refractivity contribution in [2.45, 2.75) is 48.6 Å². The summed E-state index contributed by atoms with van der Waals surface area (Å²) in [5, 5.41) is 0.391. The number of benzene rings is 2. The van der Waals surface area contributed by atoms with E-state index in [9.17, 15) is 28.4 Å². The van der Waals surface area contributed by atoms with Gasteiger partial charge < -0.3 is 34.6 Å². The third-order valence-corrected chi connectivity index (χ3v) is 12.4. The molecule has 0 bridgehead atoms. The number of fused-ring (bicyclic) bond motifs is 2. The van der Waals surface area contributed by atoms with Crippen molar-refractivity contribution in [3.63, 3.8) is 0 Å². The van der Waals surface area contributed by atoms with Crippen LogP contribution < -0.4 is 5.73 Å². The Bertz CT molecular complexity index is 1870. The monoisotopic (exact) mass is 729 g/mol. The lowest BCUT2D eigenvalue weighted by Gasteiger charge is -2.22. The molecule has 252 valence electrons. The molecule has 47 heavy (non-hydrogen) atoms. The number of aromatic nitrogens is 4. The van der Waals surface area contributed by atoms with E-state index in [2.05, 4.69) is 23.6 Å². The molecule has 0 spiro atoms. The number of ether oxygens (including phenoxy) is 3. The van der Waals surface area contributed by atoms with Gasteiger partial charge in [0.2, 0.25) is 0 Å². The van der Waals surface area contributed by atoms with Crippen LogP contribution in [0.2, 0.25) is 0 Å². The number of phosphoric ester groups is 1. The summed E-state index contributed by atoms with van der Waals surface area (Å²) < 4.78 is 71.7. The molecule has 0 radical (unpaired) electrons. The first kappa shape index (κ1) is 34.3. The second-order valence-corrected chi connectivity index (χ2v) is 16.3. The first-order valence-electron chi connectivity index (χ1n) is 13.9. The number of thioether (sulfide) groups is 1. The van der Waals surface area contributed by atoms with E-state index in [1.807, 2.05) is 30.3 Å². The van der Waals surface area contributed by atoms with E-state index in [-0.39, 0.29) is 5.82 Å². The average molecular weight is 730 g/mol. The second kappa shape index (κ2) is 13.8. The van der Waals surface area contributed by atoms with E-state index in [0.717, 1.165) is 5.56 Å². The van der Waals surface area contributed by atoms with E-state index in [0.29, 0.717) is 28.3 Å². The Morgan fingerprint density at radius 3 is 2.23 bits per heavy atom. The number of imidazole rings is 1. The van der Waals surface area contributed by atoms with E-state index < -0.39 is 66.8 Å². The molecule has 0 aliphatic carbocycles. The molecule has 6 rings (SSSR count). The van der Waals surface area contributed by atoms with Gasteiger partial charge in [0.25, 0.3) is 0 Å². The number of nitrogens with zero attached hydrogens (tertiary/aromatic N) is 4. The highest BCUT2D eigenvalue weighted by molar-refractivity contribution is 7.98.